The van der Waals surface area contributed by atoms with Gasteiger partial charge in [-0.15, -0.1) is 0 Å². The third-order valence-electron chi connectivity index (χ3n) is 5.69. The van der Waals surface area contributed by atoms with Crippen LogP contribution in [0.2, 0.25) is 0 Å². The van der Waals surface area contributed by atoms with E-state index in [0.717, 1.165) is 19.4 Å². The van der Waals surface area contributed by atoms with E-state index >= 15 is 0 Å². The first-order chi connectivity index (χ1) is 14.7. The highest BCUT2D eigenvalue weighted by Crippen LogP contribution is 2.17. The van der Waals surface area contributed by atoms with Crippen LogP contribution in [0.3, 0.4) is 0 Å². The van der Waals surface area contributed by atoms with Crippen molar-refractivity contribution in [2.75, 3.05) is 6.61 Å². The Morgan fingerprint density at radius 3 is 1.70 bits per heavy atom. The standard InChI is InChI=1S/C27H42O2Si/c1-4-6-8-9-10-11-18-24-28-30(26-20-14-12-15-21-26,27-22-16-13-17-23-27)29-25(3)19-7-5-2/h12-17,20-23,25H,4-11,18-19,24H2,1-3H3. The Morgan fingerprint density at radius 2 is 1.17 bits per heavy atom. The van der Waals surface area contributed by atoms with Crippen molar-refractivity contribution in [3.05, 3.63) is 60.7 Å². The first kappa shape index (κ1) is 24.8. The molecule has 0 saturated heterocycles. The summed E-state index contributed by atoms with van der Waals surface area (Å²) in [5.41, 5.74) is 0. The first-order valence-corrected chi connectivity index (χ1v) is 14.0. The van der Waals surface area contributed by atoms with Crippen LogP contribution in [-0.2, 0) is 8.85 Å². The maximum absolute atomic E-state index is 6.89. The minimum atomic E-state index is -2.74. The lowest BCUT2D eigenvalue weighted by Gasteiger charge is -2.34. The van der Waals surface area contributed by atoms with E-state index in [1.165, 1.54) is 61.7 Å². The van der Waals surface area contributed by atoms with E-state index in [-0.39, 0.29) is 6.10 Å². The topological polar surface area (TPSA) is 18.5 Å². The molecular weight excluding hydrogens is 384 g/mol. The van der Waals surface area contributed by atoms with Gasteiger partial charge in [0.15, 0.2) is 0 Å². The maximum atomic E-state index is 6.89. The van der Waals surface area contributed by atoms with Crippen molar-refractivity contribution in [3.63, 3.8) is 0 Å². The minimum Gasteiger partial charge on any atom is -0.388 e. The average Bonchev–Trinajstić information content (AvgIpc) is 2.79. The van der Waals surface area contributed by atoms with Gasteiger partial charge in [0.1, 0.15) is 0 Å². The van der Waals surface area contributed by atoms with Crippen LogP contribution >= 0.6 is 0 Å². The zero-order chi connectivity index (χ0) is 21.5. The second-order valence-corrected chi connectivity index (χ2v) is 11.3. The summed E-state index contributed by atoms with van der Waals surface area (Å²) in [4.78, 5) is 0. The molecule has 30 heavy (non-hydrogen) atoms. The molecule has 0 fully saturated rings. The molecule has 1 unspecified atom stereocenters. The highest BCUT2D eigenvalue weighted by molar-refractivity contribution is 6.92. The minimum absolute atomic E-state index is 0.186. The fourth-order valence-electron chi connectivity index (χ4n) is 3.93. The third kappa shape index (κ3) is 8.01. The lowest BCUT2D eigenvalue weighted by molar-refractivity contribution is 0.132. The lowest BCUT2D eigenvalue weighted by atomic mass is 10.1. The molecule has 0 saturated carbocycles. The van der Waals surface area contributed by atoms with Gasteiger partial charge in [0.2, 0.25) is 0 Å². The predicted octanol–water partition coefficient (Wildman–Crippen LogP) is 6.61. The Kier molecular flexibility index (Phi) is 12.1. The van der Waals surface area contributed by atoms with Gasteiger partial charge in [0.05, 0.1) is 0 Å². The van der Waals surface area contributed by atoms with E-state index in [4.69, 9.17) is 8.85 Å². The number of hydrogen-bond donors (Lipinski definition) is 0. The average molecular weight is 427 g/mol. The van der Waals surface area contributed by atoms with E-state index in [2.05, 4.69) is 81.4 Å². The monoisotopic (exact) mass is 426 g/mol. The second kappa shape index (κ2) is 14.6. The summed E-state index contributed by atoms with van der Waals surface area (Å²) in [5.74, 6) is 0. The predicted molar refractivity (Wildman–Crippen MR) is 132 cm³/mol. The van der Waals surface area contributed by atoms with Crippen molar-refractivity contribution in [1.82, 2.24) is 0 Å². The smallest absolute Gasteiger partial charge is 0.388 e. The molecule has 166 valence electrons. The van der Waals surface area contributed by atoms with Gasteiger partial charge < -0.3 is 8.85 Å². The van der Waals surface area contributed by atoms with Crippen LogP contribution in [0.1, 0.15) is 85.0 Å². The second-order valence-electron chi connectivity index (χ2n) is 8.39. The van der Waals surface area contributed by atoms with Gasteiger partial charge in [-0.05, 0) is 30.1 Å². The van der Waals surface area contributed by atoms with Crippen molar-refractivity contribution in [2.24, 2.45) is 0 Å². The fourth-order valence-corrected chi connectivity index (χ4v) is 7.31. The van der Waals surface area contributed by atoms with Gasteiger partial charge in [-0.25, -0.2) is 0 Å². The number of unbranched alkanes of at least 4 members (excludes halogenated alkanes) is 7. The molecule has 2 nitrogen and oxygen atoms in total. The Balaban J connectivity index is 2.15. The molecule has 0 spiro atoms. The molecule has 0 aromatic heterocycles. The summed E-state index contributed by atoms with van der Waals surface area (Å²) in [7, 11) is -2.74. The number of rotatable bonds is 16. The Bertz CT molecular complexity index is 620. The van der Waals surface area contributed by atoms with Gasteiger partial charge in [-0.3, -0.25) is 0 Å². The zero-order valence-corrected chi connectivity index (χ0v) is 20.4. The van der Waals surface area contributed by atoms with Crippen molar-refractivity contribution in [2.45, 2.75) is 91.1 Å². The van der Waals surface area contributed by atoms with Gasteiger partial charge in [0, 0.05) is 12.7 Å². The Morgan fingerprint density at radius 1 is 0.667 bits per heavy atom. The van der Waals surface area contributed by atoms with Crippen LogP contribution in [0.4, 0.5) is 0 Å². The zero-order valence-electron chi connectivity index (χ0n) is 19.4. The quantitative estimate of drug-likeness (QED) is 0.222. The molecule has 2 aromatic rings. The molecule has 0 aliphatic carbocycles. The number of hydrogen-bond acceptors (Lipinski definition) is 2. The van der Waals surface area contributed by atoms with Crippen LogP contribution in [0.15, 0.2) is 60.7 Å². The molecule has 0 bridgehead atoms. The highest BCUT2D eigenvalue weighted by atomic mass is 28.4. The maximum Gasteiger partial charge on any atom is 0.407 e. The van der Waals surface area contributed by atoms with Gasteiger partial charge in [0.25, 0.3) is 0 Å². The molecule has 2 aromatic carbocycles. The molecule has 2 rings (SSSR count). The fraction of sp³-hybridized carbons (Fsp3) is 0.556. The van der Waals surface area contributed by atoms with Crippen molar-refractivity contribution < 1.29 is 8.85 Å². The van der Waals surface area contributed by atoms with Crippen LogP contribution in [0.25, 0.3) is 0 Å². The summed E-state index contributed by atoms with van der Waals surface area (Å²) in [6.45, 7) is 7.49. The molecule has 0 radical (unpaired) electrons. The van der Waals surface area contributed by atoms with Crippen LogP contribution < -0.4 is 10.4 Å². The van der Waals surface area contributed by atoms with E-state index < -0.39 is 8.56 Å². The summed E-state index contributed by atoms with van der Waals surface area (Å²) in [6.07, 6.45) is 12.7. The van der Waals surface area contributed by atoms with Crippen molar-refractivity contribution in [1.29, 1.82) is 0 Å². The Hall–Kier alpha value is -1.42. The van der Waals surface area contributed by atoms with E-state index in [1.807, 2.05) is 0 Å². The van der Waals surface area contributed by atoms with Crippen LogP contribution in [0, 0.1) is 0 Å². The Labute approximate surface area is 186 Å². The first-order valence-electron chi connectivity index (χ1n) is 12.2. The largest absolute Gasteiger partial charge is 0.407 e. The SMILES string of the molecule is CCCCCCCCCO[Si](OC(C)CCCC)(c1ccccc1)c1ccccc1. The highest BCUT2D eigenvalue weighted by Gasteiger charge is 2.43. The molecule has 3 heteroatoms. The third-order valence-corrected chi connectivity index (χ3v) is 9.22. The molecule has 1 atom stereocenters. The van der Waals surface area contributed by atoms with Gasteiger partial charge in [-0.2, -0.15) is 0 Å². The molecular formula is C27H42O2Si. The molecule has 0 N–H and O–H groups in total. The van der Waals surface area contributed by atoms with E-state index in [0.29, 0.717) is 0 Å². The van der Waals surface area contributed by atoms with E-state index in [9.17, 15) is 0 Å². The summed E-state index contributed by atoms with van der Waals surface area (Å²) in [5, 5.41) is 2.42. The lowest BCUT2D eigenvalue weighted by Crippen LogP contribution is -2.64. The summed E-state index contributed by atoms with van der Waals surface area (Å²) in [6, 6.07) is 21.3. The molecule has 0 aliphatic heterocycles. The van der Waals surface area contributed by atoms with E-state index in [1.54, 1.807) is 0 Å². The molecule has 0 amide bonds. The van der Waals surface area contributed by atoms with Crippen molar-refractivity contribution >= 4 is 18.9 Å². The number of benzene rings is 2. The molecule has 0 aliphatic rings. The normalized spacial score (nSPS) is 12.8. The van der Waals surface area contributed by atoms with Gasteiger partial charge in [-0.1, -0.05) is 126 Å². The molecule has 0 heterocycles. The summed E-state index contributed by atoms with van der Waals surface area (Å²) < 4.78 is 13.7. The van der Waals surface area contributed by atoms with Crippen LogP contribution in [-0.4, -0.2) is 21.3 Å². The van der Waals surface area contributed by atoms with Gasteiger partial charge >= 0.3 is 8.56 Å². The van der Waals surface area contributed by atoms with Crippen molar-refractivity contribution in [3.8, 4) is 0 Å². The van der Waals surface area contributed by atoms with Crippen LogP contribution in [0.5, 0.6) is 0 Å². The summed E-state index contributed by atoms with van der Waals surface area (Å²) >= 11 is 0.